The molecule has 0 fully saturated rings. The number of fused-ring (bicyclic) bond motifs is 1. The van der Waals surface area contributed by atoms with Crippen LogP contribution in [0.25, 0.3) is 21.9 Å². The van der Waals surface area contributed by atoms with Gasteiger partial charge in [-0.05, 0) is 61.6 Å². The van der Waals surface area contributed by atoms with Gasteiger partial charge in [0.05, 0.1) is 11.8 Å². The van der Waals surface area contributed by atoms with Crippen LogP contribution in [0.2, 0.25) is 0 Å². The van der Waals surface area contributed by atoms with Crippen LogP contribution in [0.5, 0.6) is 5.75 Å². The molecule has 0 aliphatic rings. The van der Waals surface area contributed by atoms with Gasteiger partial charge in [0.1, 0.15) is 17.4 Å². The molecule has 35 heavy (non-hydrogen) atoms. The lowest BCUT2D eigenvalue weighted by Crippen LogP contribution is -2.51. The highest BCUT2D eigenvalue weighted by Crippen LogP contribution is 2.36. The Morgan fingerprint density at radius 2 is 1.74 bits per heavy atom. The second-order valence-electron chi connectivity index (χ2n) is 10.7. The summed E-state index contributed by atoms with van der Waals surface area (Å²) in [7, 11) is 0. The van der Waals surface area contributed by atoms with Crippen molar-refractivity contribution in [1.29, 1.82) is 0 Å². The summed E-state index contributed by atoms with van der Waals surface area (Å²) in [5.74, 6) is -1.21. The number of pyridine rings is 1. The summed E-state index contributed by atoms with van der Waals surface area (Å²) >= 11 is 0. The zero-order valence-corrected chi connectivity index (χ0v) is 21.2. The number of carbonyl (C=O) groups is 3. The molecule has 1 amide bonds. The molecule has 0 bridgehead atoms. The number of amides is 1. The number of ether oxygens (including phenoxy) is 1. The third-order valence-corrected chi connectivity index (χ3v) is 5.58. The van der Waals surface area contributed by atoms with Gasteiger partial charge in [-0.15, -0.1) is 0 Å². The van der Waals surface area contributed by atoms with Crippen LogP contribution in [-0.2, 0) is 9.53 Å². The number of aromatic hydroxyl groups is 1. The maximum Gasteiger partial charge on any atom is 0.329 e. The highest BCUT2D eigenvalue weighted by molar-refractivity contribution is 6.08. The molecule has 0 saturated heterocycles. The van der Waals surface area contributed by atoms with E-state index in [0.29, 0.717) is 28.7 Å². The Labute approximate surface area is 205 Å². The van der Waals surface area contributed by atoms with E-state index in [1.165, 1.54) is 6.20 Å². The second kappa shape index (κ2) is 9.49. The van der Waals surface area contributed by atoms with Gasteiger partial charge in [-0.25, -0.2) is 4.79 Å². The van der Waals surface area contributed by atoms with Crippen LogP contribution < -0.4 is 5.32 Å². The molecule has 0 radical (unpaired) electrons. The highest BCUT2D eigenvalue weighted by Gasteiger charge is 2.36. The molecule has 0 saturated carbocycles. The van der Waals surface area contributed by atoms with E-state index < -0.39 is 28.9 Å². The largest absolute Gasteiger partial charge is 0.506 e. The first-order chi connectivity index (χ1) is 16.2. The van der Waals surface area contributed by atoms with Gasteiger partial charge in [-0.3, -0.25) is 14.6 Å². The van der Waals surface area contributed by atoms with Crippen molar-refractivity contribution >= 4 is 28.9 Å². The molecule has 1 heterocycles. The maximum absolute atomic E-state index is 13.5. The highest BCUT2D eigenvalue weighted by atomic mass is 16.6. The maximum atomic E-state index is 13.5. The normalized spacial score (nSPS) is 12.8. The van der Waals surface area contributed by atoms with Crippen molar-refractivity contribution < 1.29 is 24.2 Å². The zero-order valence-electron chi connectivity index (χ0n) is 21.2. The Kier molecular flexibility index (Phi) is 7.01. The minimum absolute atomic E-state index is 0.0986. The lowest BCUT2D eigenvalue weighted by Gasteiger charge is -2.32. The monoisotopic (exact) mass is 476 g/mol. The number of benzene rings is 2. The zero-order chi connectivity index (χ0) is 26.1. The molecule has 0 unspecified atom stereocenters. The third-order valence-electron chi connectivity index (χ3n) is 5.58. The Hall–Kier alpha value is -3.74. The molecule has 184 valence electrons. The Morgan fingerprint density at radius 1 is 1.09 bits per heavy atom. The summed E-state index contributed by atoms with van der Waals surface area (Å²) in [4.78, 5) is 42.4. The number of esters is 1. The van der Waals surface area contributed by atoms with E-state index in [0.717, 1.165) is 10.8 Å². The second-order valence-corrected chi connectivity index (χ2v) is 10.7. The van der Waals surface area contributed by atoms with Gasteiger partial charge in [0, 0.05) is 16.8 Å². The minimum Gasteiger partial charge on any atom is -0.506 e. The number of aromatic nitrogens is 1. The summed E-state index contributed by atoms with van der Waals surface area (Å²) < 4.78 is 5.56. The van der Waals surface area contributed by atoms with Crippen LogP contribution in [0.15, 0.2) is 42.6 Å². The standard InChI is InChI=1S/C28H32N2O5/c1-16-23(21(15-31)22(32)14-29-16)20-13-18(12-17-10-8-9-11-19(17)20)25(33)30-24(27(2,3)4)26(34)35-28(5,6)7/h8-15,24,32H,1-7H3,(H,30,33)/t24-/m1/s1. The van der Waals surface area contributed by atoms with E-state index in [2.05, 4.69) is 10.3 Å². The minimum atomic E-state index is -0.890. The first kappa shape index (κ1) is 25.9. The van der Waals surface area contributed by atoms with Crippen LogP contribution in [0, 0.1) is 12.3 Å². The molecule has 1 atom stereocenters. The molecular weight excluding hydrogens is 444 g/mol. The van der Waals surface area contributed by atoms with Gasteiger partial charge in [-0.1, -0.05) is 45.0 Å². The summed E-state index contributed by atoms with van der Waals surface area (Å²) in [6.45, 7) is 12.6. The summed E-state index contributed by atoms with van der Waals surface area (Å²) in [5, 5.41) is 14.7. The number of hydrogen-bond acceptors (Lipinski definition) is 6. The SMILES string of the molecule is Cc1ncc(O)c(C=O)c1-c1cc(C(=O)N[C@H](C(=O)OC(C)(C)C)C(C)(C)C)cc2ccccc12. The number of rotatable bonds is 5. The summed E-state index contributed by atoms with van der Waals surface area (Å²) in [6.07, 6.45) is 1.81. The van der Waals surface area contributed by atoms with Crippen molar-refractivity contribution in [3.63, 3.8) is 0 Å². The van der Waals surface area contributed by atoms with Gasteiger partial charge >= 0.3 is 5.97 Å². The van der Waals surface area contributed by atoms with E-state index in [-0.39, 0.29) is 11.3 Å². The Balaban J connectivity index is 2.15. The van der Waals surface area contributed by atoms with Crippen molar-refractivity contribution in [3.8, 4) is 16.9 Å². The molecule has 3 rings (SSSR count). The quantitative estimate of drug-likeness (QED) is 0.387. The lowest BCUT2D eigenvalue weighted by molar-refractivity contribution is -0.160. The summed E-state index contributed by atoms with van der Waals surface area (Å²) in [6, 6.07) is 9.94. The molecule has 1 aromatic heterocycles. The molecule has 3 aromatic rings. The summed E-state index contributed by atoms with van der Waals surface area (Å²) in [5.41, 5.74) is 0.665. The van der Waals surface area contributed by atoms with Crippen LogP contribution in [-0.4, -0.2) is 39.9 Å². The first-order valence-electron chi connectivity index (χ1n) is 11.4. The molecule has 0 aliphatic carbocycles. The fourth-order valence-electron chi connectivity index (χ4n) is 3.93. The molecule has 2 aromatic carbocycles. The van der Waals surface area contributed by atoms with Gasteiger partial charge in [0.15, 0.2) is 6.29 Å². The van der Waals surface area contributed by atoms with Crippen LogP contribution in [0.1, 0.15) is 68.0 Å². The molecule has 0 spiro atoms. The topological polar surface area (TPSA) is 106 Å². The van der Waals surface area contributed by atoms with Crippen LogP contribution >= 0.6 is 0 Å². The van der Waals surface area contributed by atoms with Crippen molar-refractivity contribution in [3.05, 3.63) is 59.4 Å². The van der Waals surface area contributed by atoms with Gasteiger partial charge in [0.25, 0.3) is 5.91 Å². The van der Waals surface area contributed by atoms with Crippen molar-refractivity contribution in [2.45, 2.75) is 60.1 Å². The average molecular weight is 477 g/mol. The third kappa shape index (κ3) is 5.67. The van der Waals surface area contributed by atoms with E-state index in [9.17, 15) is 19.5 Å². The van der Waals surface area contributed by atoms with Gasteiger partial charge < -0.3 is 15.2 Å². The van der Waals surface area contributed by atoms with Crippen molar-refractivity contribution in [2.75, 3.05) is 0 Å². The predicted molar refractivity (Wildman–Crippen MR) is 136 cm³/mol. The molecule has 2 N–H and O–H groups in total. The number of carbonyl (C=O) groups excluding carboxylic acids is 3. The van der Waals surface area contributed by atoms with Crippen LogP contribution in [0.4, 0.5) is 0 Å². The predicted octanol–water partition coefficient (Wildman–Crippen LogP) is 5.21. The Bertz CT molecular complexity index is 1300. The average Bonchev–Trinajstić information content (AvgIpc) is 2.75. The van der Waals surface area contributed by atoms with E-state index in [1.807, 2.05) is 45.0 Å². The molecule has 7 nitrogen and oxygen atoms in total. The molecule has 7 heteroatoms. The fourth-order valence-corrected chi connectivity index (χ4v) is 3.93. The molecule has 0 aliphatic heterocycles. The van der Waals surface area contributed by atoms with E-state index in [1.54, 1.807) is 39.8 Å². The smallest absolute Gasteiger partial charge is 0.329 e. The number of aldehydes is 1. The Morgan fingerprint density at radius 3 is 2.34 bits per heavy atom. The fraction of sp³-hybridized carbons (Fsp3) is 0.357. The van der Waals surface area contributed by atoms with Gasteiger partial charge in [-0.2, -0.15) is 0 Å². The van der Waals surface area contributed by atoms with Crippen LogP contribution in [0.3, 0.4) is 0 Å². The molecular formula is C28H32N2O5. The number of hydrogen-bond donors (Lipinski definition) is 2. The van der Waals surface area contributed by atoms with Crippen molar-refractivity contribution in [1.82, 2.24) is 10.3 Å². The van der Waals surface area contributed by atoms with E-state index >= 15 is 0 Å². The number of aryl methyl sites for hydroxylation is 1. The van der Waals surface area contributed by atoms with Crippen molar-refractivity contribution in [2.24, 2.45) is 5.41 Å². The lowest BCUT2D eigenvalue weighted by atomic mass is 9.86. The number of nitrogens with zero attached hydrogens (tertiary/aromatic N) is 1. The van der Waals surface area contributed by atoms with Gasteiger partial charge in [0.2, 0.25) is 0 Å². The number of nitrogens with one attached hydrogen (secondary N) is 1. The first-order valence-corrected chi connectivity index (χ1v) is 11.4. The van der Waals surface area contributed by atoms with E-state index in [4.69, 9.17) is 4.74 Å².